The van der Waals surface area contributed by atoms with Crippen molar-refractivity contribution >= 4 is 40.3 Å². The number of benzene rings is 1. The van der Waals surface area contributed by atoms with Crippen molar-refractivity contribution in [2.45, 2.75) is 43.8 Å². The molecule has 0 bridgehead atoms. The molecule has 0 spiro atoms. The summed E-state index contributed by atoms with van der Waals surface area (Å²) in [5, 5.41) is 1.46. The summed E-state index contributed by atoms with van der Waals surface area (Å²) in [6, 6.07) is 5.98. The number of nitrogens with zero attached hydrogens (tertiary/aromatic N) is 2. The molecule has 1 aliphatic heterocycles. The number of halogens is 1. The van der Waals surface area contributed by atoms with Crippen LogP contribution in [0, 0.1) is 0 Å². The number of thioether (sulfide) groups is 1. The summed E-state index contributed by atoms with van der Waals surface area (Å²) >= 11 is 7.44. The zero-order valence-corrected chi connectivity index (χ0v) is 14.2. The van der Waals surface area contributed by atoms with Crippen LogP contribution in [0.1, 0.15) is 32.6 Å². The van der Waals surface area contributed by atoms with Gasteiger partial charge < -0.3 is 9.88 Å². The summed E-state index contributed by atoms with van der Waals surface area (Å²) in [4.78, 5) is 22.2. The summed E-state index contributed by atoms with van der Waals surface area (Å²) < 4.78 is 0. The molecule has 0 saturated carbocycles. The molecule has 4 nitrogen and oxygen atoms in total. The Hall–Kier alpha value is -1.20. The molecule has 1 amide bonds. The number of rotatable bonds is 4. The number of imidazole rings is 1. The maximum absolute atomic E-state index is 12.5. The minimum atomic E-state index is 0.218. The Morgan fingerprint density at radius 2 is 2.36 bits per heavy atom. The van der Waals surface area contributed by atoms with Gasteiger partial charge in [0.1, 0.15) is 0 Å². The van der Waals surface area contributed by atoms with Crippen molar-refractivity contribution in [1.29, 1.82) is 0 Å². The van der Waals surface area contributed by atoms with E-state index >= 15 is 0 Å². The number of nitrogens with one attached hydrogen (secondary N) is 1. The topological polar surface area (TPSA) is 49.0 Å². The second kappa shape index (κ2) is 6.92. The van der Waals surface area contributed by atoms with E-state index in [0.29, 0.717) is 16.8 Å². The van der Waals surface area contributed by atoms with Crippen LogP contribution in [0.4, 0.5) is 0 Å². The second-order valence-electron chi connectivity index (χ2n) is 5.64. The van der Waals surface area contributed by atoms with E-state index in [-0.39, 0.29) is 5.91 Å². The number of carbonyl (C=O) groups is 1. The normalized spacial score (nSPS) is 18.8. The summed E-state index contributed by atoms with van der Waals surface area (Å²) in [6.07, 6.45) is 4.53. The molecular weight excluding hydrogens is 318 g/mol. The minimum absolute atomic E-state index is 0.218. The van der Waals surface area contributed by atoms with Crippen LogP contribution in [-0.4, -0.2) is 39.1 Å². The largest absolute Gasteiger partial charge is 0.339 e. The number of aromatic amines is 1. The Kier molecular flexibility index (Phi) is 4.93. The van der Waals surface area contributed by atoms with E-state index < -0.39 is 0 Å². The molecule has 0 aliphatic carbocycles. The van der Waals surface area contributed by atoms with Gasteiger partial charge in [0.15, 0.2) is 5.16 Å². The van der Waals surface area contributed by atoms with Gasteiger partial charge in [0.25, 0.3) is 0 Å². The van der Waals surface area contributed by atoms with Crippen LogP contribution in [-0.2, 0) is 4.79 Å². The van der Waals surface area contributed by atoms with Crippen molar-refractivity contribution in [2.75, 3.05) is 12.3 Å². The fourth-order valence-electron chi connectivity index (χ4n) is 2.99. The molecule has 2 heterocycles. The van der Waals surface area contributed by atoms with Crippen molar-refractivity contribution in [3.05, 3.63) is 23.2 Å². The molecule has 1 fully saturated rings. The predicted octanol–water partition coefficient (Wildman–Crippen LogP) is 4.10. The van der Waals surface area contributed by atoms with E-state index in [2.05, 4.69) is 21.8 Å². The molecule has 6 heteroatoms. The number of carbonyl (C=O) groups excluding carboxylic acids is 1. The van der Waals surface area contributed by atoms with Crippen molar-refractivity contribution in [1.82, 2.24) is 14.9 Å². The molecule has 3 rings (SSSR count). The van der Waals surface area contributed by atoms with Crippen LogP contribution in [0.2, 0.25) is 5.02 Å². The molecule has 118 valence electrons. The quantitative estimate of drug-likeness (QED) is 0.854. The monoisotopic (exact) mass is 337 g/mol. The number of hydrogen-bond acceptors (Lipinski definition) is 3. The van der Waals surface area contributed by atoms with Crippen LogP contribution in [0.5, 0.6) is 0 Å². The van der Waals surface area contributed by atoms with Gasteiger partial charge in [-0.2, -0.15) is 0 Å². The highest BCUT2D eigenvalue weighted by atomic mass is 35.5. The maximum atomic E-state index is 12.5. The van der Waals surface area contributed by atoms with E-state index in [1.165, 1.54) is 18.2 Å². The Bertz CT molecular complexity index is 672. The van der Waals surface area contributed by atoms with Crippen LogP contribution in [0.25, 0.3) is 11.0 Å². The number of H-pyrrole nitrogens is 1. The zero-order valence-electron chi connectivity index (χ0n) is 12.6. The number of likely N-dealkylation sites (tertiary alicyclic amines) is 1. The van der Waals surface area contributed by atoms with Gasteiger partial charge in [0.2, 0.25) is 5.91 Å². The summed E-state index contributed by atoms with van der Waals surface area (Å²) in [6.45, 7) is 3.06. The third kappa shape index (κ3) is 3.41. The van der Waals surface area contributed by atoms with Crippen LogP contribution >= 0.6 is 23.4 Å². The van der Waals surface area contributed by atoms with Gasteiger partial charge in [-0.15, -0.1) is 0 Å². The number of hydrogen-bond donors (Lipinski definition) is 1. The van der Waals surface area contributed by atoms with E-state index in [4.69, 9.17) is 11.6 Å². The first-order valence-corrected chi connectivity index (χ1v) is 9.11. The standard InChI is InChI=1S/C16H20ClN3OS/c1-2-12-5-3-4-8-20(12)15(21)10-22-16-18-13-7-6-11(17)9-14(13)19-16/h6-7,9,12H,2-5,8,10H2,1H3,(H,18,19)/t12-/m0/s1. The van der Waals surface area contributed by atoms with Gasteiger partial charge in [-0.25, -0.2) is 4.98 Å². The summed E-state index contributed by atoms with van der Waals surface area (Å²) in [5.74, 6) is 0.652. The number of fused-ring (bicyclic) bond motifs is 1. The number of aromatic nitrogens is 2. The Morgan fingerprint density at radius 3 is 3.18 bits per heavy atom. The third-order valence-electron chi connectivity index (χ3n) is 4.17. The van der Waals surface area contributed by atoms with Gasteiger partial charge in [0.05, 0.1) is 16.8 Å². The molecule has 1 N–H and O–H groups in total. The molecular formula is C16H20ClN3OS. The SMILES string of the molecule is CC[C@H]1CCCCN1C(=O)CSc1nc2ccc(Cl)cc2[nH]1. The van der Waals surface area contributed by atoms with Crippen molar-refractivity contribution in [2.24, 2.45) is 0 Å². The highest BCUT2D eigenvalue weighted by Gasteiger charge is 2.25. The van der Waals surface area contributed by atoms with Crippen LogP contribution in [0.3, 0.4) is 0 Å². The number of amides is 1. The van der Waals surface area contributed by atoms with Crippen LogP contribution in [0.15, 0.2) is 23.4 Å². The third-order valence-corrected chi connectivity index (χ3v) is 5.27. The van der Waals surface area contributed by atoms with Gasteiger partial charge in [-0.1, -0.05) is 30.3 Å². The Morgan fingerprint density at radius 1 is 1.50 bits per heavy atom. The van der Waals surface area contributed by atoms with E-state index in [1.807, 2.05) is 18.2 Å². The summed E-state index contributed by atoms with van der Waals surface area (Å²) in [7, 11) is 0. The number of piperidine rings is 1. The molecule has 2 aromatic rings. The average molecular weight is 338 g/mol. The second-order valence-corrected chi connectivity index (χ2v) is 7.04. The fraction of sp³-hybridized carbons (Fsp3) is 0.500. The van der Waals surface area contributed by atoms with Gasteiger partial charge in [-0.05, 0) is 43.9 Å². The van der Waals surface area contributed by atoms with E-state index in [9.17, 15) is 4.79 Å². The van der Waals surface area contributed by atoms with Gasteiger partial charge in [0, 0.05) is 17.6 Å². The lowest BCUT2D eigenvalue weighted by molar-refractivity contribution is -0.132. The predicted molar refractivity (Wildman–Crippen MR) is 91.5 cm³/mol. The lowest BCUT2D eigenvalue weighted by Crippen LogP contribution is -2.44. The Labute approximate surface area is 139 Å². The molecule has 1 aromatic heterocycles. The Balaban J connectivity index is 1.64. The molecule has 1 atom stereocenters. The van der Waals surface area contributed by atoms with Crippen LogP contribution < -0.4 is 0 Å². The summed E-state index contributed by atoms with van der Waals surface area (Å²) in [5.41, 5.74) is 1.79. The lowest BCUT2D eigenvalue weighted by Gasteiger charge is -2.35. The minimum Gasteiger partial charge on any atom is -0.339 e. The zero-order chi connectivity index (χ0) is 15.5. The molecule has 1 saturated heterocycles. The average Bonchev–Trinajstić information content (AvgIpc) is 2.94. The van der Waals surface area contributed by atoms with Crippen molar-refractivity contribution in [3.63, 3.8) is 0 Å². The van der Waals surface area contributed by atoms with Gasteiger partial charge >= 0.3 is 0 Å². The smallest absolute Gasteiger partial charge is 0.233 e. The fourth-order valence-corrected chi connectivity index (χ4v) is 3.94. The first-order chi connectivity index (χ1) is 10.7. The van der Waals surface area contributed by atoms with E-state index in [0.717, 1.165) is 42.0 Å². The molecule has 0 unspecified atom stereocenters. The molecule has 1 aliphatic rings. The molecule has 1 aromatic carbocycles. The van der Waals surface area contributed by atoms with Crippen molar-refractivity contribution < 1.29 is 4.79 Å². The molecule has 22 heavy (non-hydrogen) atoms. The highest BCUT2D eigenvalue weighted by molar-refractivity contribution is 7.99. The highest BCUT2D eigenvalue weighted by Crippen LogP contribution is 2.24. The van der Waals surface area contributed by atoms with E-state index in [1.54, 1.807) is 0 Å². The first kappa shape index (κ1) is 15.7. The lowest BCUT2D eigenvalue weighted by atomic mass is 10.0. The first-order valence-electron chi connectivity index (χ1n) is 7.75. The van der Waals surface area contributed by atoms with Crippen molar-refractivity contribution in [3.8, 4) is 0 Å². The maximum Gasteiger partial charge on any atom is 0.233 e. The van der Waals surface area contributed by atoms with Gasteiger partial charge in [-0.3, -0.25) is 4.79 Å². The molecule has 0 radical (unpaired) electrons.